The fourth-order valence-electron chi connectivity index (χ4n) is 2.98. The van der Waals surface area contributed by atoms with Crippen LogP contribution in [0.4, 0.5) is 0 Å². The highest BCUT2D eigenvalue weighted by molar-refractivity contribution is 7.92. The summed E-state index contributed by atoms with van der Waals surface area (Å²) in [5.41, 5.74) is 0. The van der Waals surface area contributed by atoms with Gasteiger partial charge in [-0.25, -0.2) is 8.42 Å². The maximum Gasteiger partial charge on any atom is 0.154 e. The zero-order valence-electron chi connectivity index (χ0n) is 10.9. The molecule has 0 aliphatic carbocycles. The summed E-state index contributed by atoms with van der Waals surface area (Å²) in [5, 5.41) is 3.36. The quantitative estimate of drug-likeness (QED) is 0.809. The van der Waals surface area contributed by atoms with Gasteiger partial charge in [0.1, 0.15) is 0 Å². The van der Waals surface area contributed by atoms with Crippen LogP contribution >= 0.6 is 0 Å². The first-order valence-electron chi connectivity index (χ1n) is 6.72. The second-order valence-corrected chi connectivity index (χ2v) is 7.86. The molecule has 1 N–H and O–H groups in total. The van der Waals surface area contributed by atoms with E-state index in [-0.39, 0.29) is 5.25 Å². The van der Waals surface area contributed by atoms with Gasteiger partial charge in [-0.1, -0.05) is 6.92 Å². The lowest BCUT2D eigenvalue weighted by atomic mass is 10.1. The van der Waals surface area contributed by atoms with E-state index >= 15 is 0 Å². The molecule has 2 fully saturated rings. The van der Waals surface area contributed by atoms with E-state index in [2.05, 4.69) is 24.1 Å². The molecule has 0 aromatic heterocycles. The van der Waals surface area contributed by atoms with Gasteiger partial charge < -0.3 is 5.32 Å². The highest BCUT2D eigenvalue weighted by Gasteiger charge is 2.35. The number of hydrogen-bond acceptors (Lipinski definition) is 4. The highest BCUT2D eigenvalue weighted by atomic mass is 32.2. The fourth-order valence-corrected chi connectivity index (χ4v) is 4.83. The van der Waals surface area contributed by atoms with E-state index in [4.69, 9.17) is 0 Å². The molecule has 0 bridgehead atoms. The molecule has 100 valence electrons. The Morgan fingerprint density at radius 1 is 1.41 bits per heavy atom. The molecule has 0 spiro atoms. The molecule has 0 radical (unpaired) electrons. The number of hydrogen-bond donors (Lipinski definition) is 1. The summed E-state index contributed by atoms with van der Waals surface area (Å²) in [6, 6.07) is 0.976. The zero-order chi connectivity index (χ0) is 12.5. The molecule has 0 amide bonds. The zero-order valence-corrected chi connectivity index (χ0v) is 11.7. The molecule has 2 saturated heterocycles. The van der Waals surface area contributed by atoms with Crippen LogP contribution in [-0.4, -0.2) is 56.0 Å². The van der Waals surface area contributed by atoms with E-state index in [0.29, 0.717) is 17.8 Å². The van der Waals surface area contributed by atoms with Gasteiger partial charge in [0.2, 0.25) is 0 Å². The van der Waals surface area contributed by atoms with Gasteiger partial charge in [-0.3, -0.25) is 4.90 Å². The van der Waals surface area contributed by atoms with Gasteiger partial charge in [-0.2, -0.15) is 0 Å². The minimum atomic E-state index is -2.80. The Hall–Kier alpha value is -0.130. The van der Waals surface area contributed by atoms with E-state index in [1.54, 1.807) is 0 Å². The molecule has 0 aromatic rings. The van der Waals surface area contributed by atoms with Crippen LogP contribution in [-0.2, 0) is 9.84 Å². The van der Waals surface area contributed by atoms with Crippen molar-refractivity contribution in [2.45, 2.75) is 50.4 Å². The summed E-state index contributed by atoms with van der Waals surface area (Å²) >= 11 is 0. The third-order valence-electron chi connectivity index (χ3n) is 4.10. The van der Waals surface area contributed by atoms with Gasteiger partial charge in [0.15, 0.2) is 9.84 Å². The Morgan fingerprint density at radius 2 is 2.18 bits per heavy atom. The van der Waals surface area contributed by atoms with Crippen molar-refractivity contribution in [3.63, 3.8) is 0 Å². The van der Waals surface area contributed by atoms with Crippen molar-refractivity contribution >= 4 is 9.84 Å². The van der Waals surface area contributed by atoms with Gasteiger partial charge in [0, 0.05) is 31.7 Å². The average Bonchev–Trinajstić information content (AvgIpc) is 2.59. The predicted octanol–water partition coefficient (Wildman–Crippen LogP) is 0.636. The Balaban J connectivity index is 2.00. The maximum absolute atomic E-state index is 11.9. The Kier molecular flexibility index (Phi) is 4.10. The van der Waals surface area contributed by atoms with Crippen LogP contribution in [0, 0.1) is 0 Å². The molecule has 2 aliphatic heterocycles. The second-order valence-electron chi connectivity index (χ2n) is 5.46. The van der Waals surface area contributed by atoms with E-state index < -0.39 is 9.84 Å². The van der Waals surface area contributed by atoms with Crippen LogP contribution in [0.2, 0.25) is 0 Å². The van der Waals surface area contributed by atoms with Crippen molar-refractivity contribution in [2.24, 2.45) is 0 Å². The normalized spacial score (nSPS) is 38.4. The van der Waals surface area contributed by atoms with Crippen molar-refractivity contribution in [1.82, 2.24) is 10.2 Å². The van der Waals surface area contributed by atoms with Crippen molar-refractivity contribution in [3.8, 4) is 0 Å². The summed E-state index contributed by atoms with van der Waals surface area (Å²) < 4.78 is 23.7. The van der Waals surface area contributed by atoms with Crippen LogP contribution in [0.15, 0.2) is 0 Å². The molecule has 2 rings (SSSR count). The van der Waals surface area contributed by atoms with Gasteiger partial charge in [0.05, 0.1) is 11.0 Å². The van der Waals surface area contributed by atoms with Crippen molar-refractivity contribution in [1.29, 1.82) is 0 Å². The molecular weight excluding hydrogens is 236 g/mol. The van der Waals surface area contributed by atoms with Crippen LogP contribution in [0.1, 0.15) is 33.1 Å². The number of piperazine rings is 1. The lowest BCUT2D eigenvalue weighted by Crippen LogP contribution is -2.57. The maximum atomic E-state index is 11.9. The topological polar surface area (TPSA) is 49.4 Å². The summed E-state index contributed by atoms with van der Waals surface area (Å²) in [7, 11) is -2.80. The SMILES string of the molecule is CCC1CNC(C)CN1CC1CCCS1(=O)=O. The van der Waals surface area contributed by atoms with Crippen molar-refractivity contribution < 1.29 is 8.42 Å². The van der Waals surface area contributed by atoms with Crippen molar-refractivity contribution in [3.05, 3.63) is 0 Å². The van der Waals surface area contributed by atoms with E-state index in [1.165, 1.54) is 0 Å². The summed E-state index contributed by atoms with van der Waals surface area (Å²) in [6.45, 7) is 7.06. The molecule has 4 nitrogen and oxygen atoms in total. The van der Waals surface area contributed by atoms with Gasteiger partial charge >= 0.3 is 0 Å². The molecule has 3 unspecified atom stereocenters. The minimum absolute atomic E-state index is 0.109. The number of nitrogens with zero attached hydrogens (tertiary/aromatic N) is 1. The first-order valence-corrected chi connectivity index (χ1v) is 8.43. The molecule has 3 atom stereocenters. The monoisotopic (exact) mass is 260 g/mol. The van der Waals surface area contributed by atoms with Crippen molar-refractivity contribution in [2.75, 3.05) is 25.4 Å². The summed E-state index contributed by atoms with van der Waals surface area (Å²) in [5.74, 6) is 0.399. The lowest BCUT2D eigenvalue weighted by Gasteiger charge is -2.40. The number of rotatable bonds is 3. The van der Waals surface area contributed by atoms with E-state index in [0.717, 1.165) is 38.9 Å². The summed E-state index contributed by atoms with van der Waals surface area (Å²) in [4.78, 5) is 2.38. The molecule has 2 aliphatic rings. The summed E-state index contributed by atoms with van der Waals surface area (Å²) in [6.07, 6.45) is 2.80. The van der Waals surface area contributed by atoms with Crippen LogP contribution in [0.25, 0.3) is 0 Å². The third-order valence-corrected chi connectivity index (χ3v) is 6.36. The number of nitrogens with one attached hydrogen (secondary N) is 1. The van der Waals surface area contributed by atoms with E-state index in [9.17, 15) is 8.42 Å². The first-order chi connectivity index (χ1) is 8.03. The van der Waals surface area contributed by atoms with Crippen LogP contribution in [0.5, 0.6) is 0 Å². The Labute approximate surface area is 105 Å². The molecule has 17 heavy (non-hydrogen) atoms. The average molecular weight is 260 g/mol. The van der Waals surface area contributed by atoms with Crippen LogP contribution in [0.3, 0.4) is 0 Å². The first kappa shape index (κ1) is 13.3. The largest absolute Gasteiger partial charge is 0.311 e. The fraction of sp³-hybridized carbons (Fsp3) is 1.00. The third kappa shape index (κ3) is 3.01. The van der Waals surface area contributed by atoms with Crippen LogP contribution < -0.4 is 5.32 Å². The molecule has 0 aromatic carbocycles. The molecule has 2 heterocycles. The highest BCUT2D eigenvalue weighted by Crippen LogP contribution is 2.23. The molecular formula is C12H24N2O2S. The smallest absolute Gasteiger partial charge is 0.154 e. The number of sulfone groups is 1. The predicted molar refractivity (Wildman–Crippen MR) is 69.9 cm³/mol. The van der Waals surface area contributed by atoms with Gasteiger partial charge in [-0.05, 0) is 26.2 Å². The minimum Gasteiger partial charge on any atom is -0.311 e. The lowest BCUT2D eigenvalue weighted by molar-refractivity contribution is 0.131. The van der Waals surface area contributed by atoms with E-state index in [1.807, 2.05) is 0 Å². The molecule has 5 heteroatoms. The van der Waals surface area contributed by atoms with Gasteiger partial charge in [0.25, 0.3) is 0 Å². The Bertz CT molecular complexity index is 356. The second kappa shape index (κ2) is 5.24. The molecule has 0 saturated carbocycles. The van der Waals surface area contributed by atoms with Gasteiger partial charge in [-0.15, -0.1) is 0 Å². The Morgan fingerprint density at radius 3 is 2.76 bits per heavy atom. The standard InChI is InChI=1S/C12H24N2O2S/c1-3-11-7-13-10(2)8-14(11)9-12-5-4-6-17(12,15)16/h10-13H,3-9H2,1-2H3.